The molecular weight excluding hydrogens is 410 g/mol. The molecular formula is C25H27NO4S. The average Bonchev–Trinajstić information content (AvgIpc) is 3.18. The van der Waals surface area contributed by atoms with Crippen LogP contribution in [0.4, 0.5) is 5.00 Å². The third-order valence-electron chi connectivity index (χ3n) is 5.23. The van der Waals surface area contributed by atoms with Crippen molar-refractivity contribution in [3.63, 3.8) is 0 Å². The van der Waals surface area contributed by atoms with Crippen LogP contribution in [0.5, 0.6) is 5.75 Å². The van der Waals surface area contributed by atoms with Crippen LogP contribution in [0.1, 0.15) is 39.5 Å². The standard InChI is InChI=1S/C25H27NO4S/c1-6-18-7-9-19(10-8-18)20-14-31-24(23(20)25(28)29-5)26-22(27)13-30-21-12-15(2)11-16(3)17(21)4/h7-12,14H,6,13H2,1-5H3,(H,26,27). The quantitative estimate of drug-likeness (QED) is 0.481. The van der Waals surface area contributed by atoms with Gasteiger partial charge < -0.3 is 14.8 Å². The zero-order valence-electron chi connectivity index (χ0n) is 18.5. The summed E-state index contributed by atoms with van der Waals surface area (Å²) in [7, 11) is 1.33. The molecule has 0 bridgehead atoms. The summed E-state index contributed by atoms with van der Waals surface area (Å²) in [6.45, 7) is 7.91. The largest absolute Gasteiger partial charge is 0.483 e. The van der Waals surface area contributed by atoms with E-state index < -0.39 is 5.97 Å². The van der Waals surface area contributed by atoms with E-state index in [1.165, 1.54) is 24.0 Å². The van der Waals surface area contributed by atoms with Crippen molar-refractivity contribution in [2.24, 2.45) is 0 Å². The number of nitrogens with one attached hydrogen (secondary N) is 1. The molecule has 1 amide bonds. The lowest BCUT2D eigenvalue weighted by Crippen LogP contribution is -2.21. The molecule has 5 nitrogen and oxygen atoms in total. The van der Waals surface area contributed by atoms with Gasteiger partial charge in [0.25, 0.3) is 5.91 Å². The van der Waals surface area contributed by atoms with Gasteiger partial charge in [-0.15, -0.1) is 11.3 Å². The normalized spacial score (nSPS) is 10.6. The summed E-state index contributed by atoms with van der Waals surface area (Å²) in [6, 6.07) is 12.0. The smallest absolute Gasteiger partial charge is 0.341 e. The first-order valence-electron chi connectivity index (χ1n) is 10.1. The third-order valence-corrected chi connectivity index (χ3v) is 6.12. The Morgan fingerprint density at radius 3 is 2.42 bits per heavy atom. The van der Waals surface area contributed by atoms with Gasteiger partial charge in [0, 0.05) is 10.9 Å². The molecule has 0 fully saturated rings. The zero-order chi connectivity index (χ0) is 22.5. The van der Waals surface area contributed by atoms with Crippen molar-refractivity contribution in [1.82, 2.24) is 0 Å². The van der Waals surface area contributed by atoms with E-state index in [1.807, 2.05) is 56.5 Å². The molecule has 1 N–H and O–H groups in total. The van der Waals surface area contributed by atoms with Crippen LogP contribution in [0, 0.1) is 20.8 Å². The van der Waals surface area contributed by atoms with Crippen LogP contribution in [0.2, 0.25) is 0 Å². The highest BCUT2D eigenvalue weighted by Gasteiger charge is 2.22. The van der Waals surface area contributed by atoms with E-state index in [9.17, 15) is 9.59 Å². The molecule has 2 aromatic carbocycles. The predicted octanol–water partition coefficient (Wildman–Crippen LogP) is 5.71. The second kappa shape index (κ2) is 9.79. The van der Waals surface area contributed by atoms with Gasteiger partial charge in [0.1, 0.15) is 16.3 Å². The minimum atomic E-state index is -0.489. The zero-order valence-corrected chi connectivity index (χ0v) is 19.3. The van der Waals surface area contributed by atoms with Gasteiger partial charge in [-0.1, -0.05) is 37.3 Å². The summed E-state index contributed by atoms with van der Waals surface area (Å²) in [5.74, 6) is -0.139. The first-order valence-corrected chi connectivity index (χ1v) is 11.0. The number of carbonyl (C=O) groups is 2. The number of aryl methyl sites for hydroxylation is 3. The Kier molecular flexibility index (Phi) is 7.13. The minimum Gasteiger partial charge on any atom is -0.483 e. The maximum absolute atomic E-state index is 12.6. The maximum Gasteiger partial charge on any atom is 0.341 e. The molecule has 162 valence electrons. The van der Waals surface area contributed by atoms with Crippen LogP contribution in [0.25, 0.3) is 11.1 Å². The number of amides is 1. The molecule has 0 saturated heterocycles. The fourth-order valence-corrected chi connectivity index (χ4v) is 4.32. The lowest BCUT2D eigenvalue weighted by atomic mass is 10.0. The van der Waals surface area contributed by atoms with Crippen LogP contribution in [0.15, 0.2) is 41.8 Å². The highest BCUT2D eigenvalue weighted by atomic mass is 32.1. The number of esters is 1. The number of rotatable bonds is 7. The molecule has 0 unspecified atom stereocenters. The van der Waals surface area contributed by atoms with Gasteiger partial charge in [0.2, 0.25) is 0 Å². The molecule has 0 saturated carbocycles. The van der Waals surface area contributed by atoms with Crippen molar-refractivity contribution >= 4 is 28.2 Å². The molecule has 6 heteroatoms. The van der Waals surface area contributed by atoms with Crippen LogP contribution in [-0.4, -0.2) is 25.6 Å². The molecule has 0 aliphatic carbocycles. The fraction of sp³-hybridized carbons (Fsp3) is 0.280. The van der Waals surface area contributed by atoms with E-state index in [2.05, 4.69) is 18.3 Å². The second-order valence-corrected chi connectivity index (χ2v) is 8.32. The Morgan fingerprint density at radius 1 is 1.06 bits per heavy atom. The highest BCUT2D eigenvalue weighted by molar-refractivity contribution is 7.15. The van der Waals surface area contributed by atoms with Gasteiger partial charge in [-0.2, -0.15) is 0 Å². The SMILES string of the molecule is CCc1ccc(-c2csc(NC(=O)COc3cc(C)cc(C)c3C)c2C(=O)OC)cc1. The summed E-state index contributed by atoms with van der Waals surface area (Å²) < 4.78 is 10.7. The van der Waals surface area contributed by atoms with Crippen molar-refractivity contribution < 1.29 is 19.1 Å². The van der Waals surface area contributed by atoms with Crippen molar-refractivity contribution in [2.45, 2.75) is 34.1 Å². The Bertz CT molecular complexity index is 1100. The van der Waals surface area contributed by atoms with Crippen molar-refractivity contribution in [3.8, 4) is 16.9 Å². The summed E-state index contributed by atoms with van der Waals surface area (Å²) in [4.78, 5) is 25.1. The molecule has 3 aromatic rings. The highest BCUT2D eigenvalue weighted by Crippen LogP contribution is 2.36. The first kappa shape index (κ1) is 22.6. The third kappa shape index (κ3) is 5.14. The van der Waals surface area contributed by atoms with Gasteiger partial charge in [0.05, 0.1) is 7.11 Å². The summed E-state index contributed by atoms with van der Waals surface area (Å²) >= 11 is 1.29. The molecule has 0 spiro atoms. The molecule has 1 aromatic heterocycles. The van der Waals surface area contributed by atoms with Crippen molar-refractivity contribution in [2.75, 3.05) is 19.0 Å². The maximum atomic E-state index is 12.6. The van der Waals surface area contributed by atoms with Gasteiger partial charge in [-0.25, -0.2) is 4.79 Å². The predicted molar refractivity (Wildman–Crippen MR) is 125 cm³/mol. The van der Waals surface area contributed by atoms with Crippen LogP contribution >= 0.6 is 11.3 Å². The van der Waals surface area contributed by atoms with Gasteiger partial charge in [-0.3, -0.25) is 4.79 Å². The van der Waals surface area contributed by atoms with E-state index >= 15 is 0 Å². The summed E-state index contributed by atoms with van der Waals surface area (Å²) in [5.41, 5.74) is 6.39. The molecule has 31 heavy (non-hydrogen) atoms. The molecule has 0 radical (unpaired) electrons. The Morgan fingerprint density at radius 2 is 1.77 bits per heavy atom. The number of thiophene rings is 1. The molecule has 0 aliphatic heterocycles. The molecule has 0 atom stereocenters. The Balaban J connectivity index is 1.80. The molecule has 1 heterocycles. The van der Waals surface area contributed by atoms with Crippen LogP contribution < -0.4 is 10.1 Å². The summed E-state index contributed by atoms with van der Waals surface area (Å²) in [5, 5.41) is 5.12. The average molecular weight is 438 g/mol. The van der Waals surface area contributed by atoms with E-state index in [4.69, 9.17) is 9.47 Å². The number of anilines is 1. The molecule has 0 aliphatic rings. The fourth-order valence-electron chi connectivity index (χ4n) is 3.34. The number of hydrogen-bond donors (Lipinski definition) is 1. The number of carbonyl (C=O) groups excluding carboxylic acids is 2. The van der Waals surface area contributed by atoms with E-state index in [0.29, 0.717) is 16.3 Å². The van der Waals surface area contributed by atoms with Gasteiger partial charge in [0.15, 0.2) is 6.61 Å². The summed E-state index contributed by atoms with van der Waals surface area (Å²) in [6.07, 6.45) is 0.940. The van der Waals surface area contributed by atoms with E-state index in [1.54, 1.807) is 0 Å². The topological polar surface area (TPSA) is 64.6 Å². The van der Waals surface area contributed by atoms with Crippen molar-refractivity contribution in [3.05, 3.63) is 69.6 Å². The lowest BCUT2D eigenvalue weighted by Gasteiger charge is -2.12. The van der Waals surface area contributed by atoms with Gasteiger partial charge >= 0.3 is 5.97 Å². The monoisotopic (exact) mass is 437 g/mol. The minimum absolute atomic E-state index is 0.150. The second-order valence-electron chi connectivity index (χ2n) is 7.44. The van der Waals surface area contributed by atoms with Crippen LogP contribution in [0.3, 0.4) is 0 Å². The Hall–Kier alpha value is -3.12. The number of benzene rings is 2. The van der Waals surface area contributed by atoms with E-state index in [-0.39, 0.29) is 12.5 Å². The number of hydrogen-bond acceptors (Lipinski definition) is 5. The number of methoxy groups -OCH3 is 1. The lowest BCUT2D eigenvalue weighted by molar-refractivity contribution is -0.118. The first-order chi connectivity index (χ1) is 14.8. The van der Waals surface area contributed by atoms with Crippen molar-refractivity contribution in [1.29, 1.82) is 0 Å². The number of ether oxygens (including phenoxy) is 2. The van der Waals surface area contributed by atoms with E-state index in [0.717, 1.165) is 34.2 Å². The van der Waals surface area contributed by atoms with Gasteiger partial charge in [-0.05, 0) is 61.1 Å². The van der Waals surface area contributed by atoms with Crippen LogP contribution in [-0.2, 0) is 16.0 Å². The Labute approximate surface area is 187 Å². The molecule has 3 rings (SSSR count).